The fraction of sp³-hybridized carbons (Fsp3) is 0. The van der Waals surface area contributed by atoms with Gasteiger partial charge in [0.2, 0.25) is 0 Å². The summed E-state index contributed by atoms with van der Waals surface area (Å²) in [7, 11) is 0. The molecule has 0 aliphatic heterocycles. The second-order valence-electron chi connectivity index (χ2n) is 4.63. The lowest BCUT2D eigenvalue weighted by molar-refractivity contribution is 0.570. The minimum absolute atomic E-state index is 0.278. The summed E-state index contributed by atoms with van der Waals surface area (Å²) in [5, 5.41) is 4.74. The number of fused-ring (bicyclic) bond motifs is 4. The Balaban J connectivity index is 2.34. The highest BCUT2D eigenvalue weighted by Gasteiger charge is 2.07. The highest BCUT2D eigenvalue weighted by molar-refractivity contribution is 6.09. The molecule has 1 heterocycles. The quantitative estimate of drug-likeness (QED) is 0.265. The Morgan fingerprint density at radius 3 is 2.11 bits per heavy atom. The molecule has 0 bridgehead atoms. The Labute approximate surface area is 108 Å². The van der Waals surface area contributed by atoms with E-state index in [2.05, 4.69) is 12.1 Å². The smallest absolute Gasteiger partial charge is 0.344 e. The number of benzene rings is 3. The van der Waals surface area contributed by atoms with E-state index in [0.29, 0.717) is 11.0 Å². The normalized spacial score (nSPS) is 11.4. The Bertz CT molecular complexity index is 980. The average Bonchev–Trinajstić information content (AvgIpc) is 2.46. The van der Waals surface area contributed by atoms with E-state index in [1.54, 1.807) is 0 Å². The average molecular weight is 246 g/mol. The van der Waals surface area contributed by atoms with Crippen LogP contribution in [0.15, 0.2) is 69.9 Å². The van der Waals surface area contributed by atoms with Crippen molar-refractivity contribution in [2.75, 3.05) is 0 Å². The van der Waals surface area contributed by atoms with Crippen LogP contribution >= 0.6 is 0 Å². The van der Waals surface area contributed by atoms with Crippen LogP contribution in [0.3, 0.4) is 0 Å². The third kappa shape index (κ3) is 1.47. The molecule has 0 radical (unpaired) electrons. The number of hydrogen-bond donors (Lipinski definition) is 0. The molecule has 2 nitrogen and oxygen atoms in total. The highest BCUT2D eigenvalue weighted by Crippen LogP contribution is 2.26. The van der Waals surface area contributed by atoms with E-state index in [-0.39, 0.29) is 5.63 Å². The van der Waals surface area contributed by atoms with Crippen LogP contribution in [0.1, 0.15) is 0 Å². The second kappa shape index (κ2) is 3.69. The van der Waals surface area contributed by atoms with Gasteiger partial charge in [0.05, 0.1) is 5.39 Å². The van der Waals surface area contributed by atoms with Gasteiger partial charge in [0.1, 0.15) is 5.58 Å². The summed E-state index contributed by atoms with van der Waals surface area (Å²) in [6.45, 7) is 0. The standard InChI is InChI=1S/C17H10O2/c18-17-15-10-12-6-2-1-5-11(12)9-14(15)13-7-3-4-8-16(13)19-17/h1-10H. The highest BCUT2D eigenvalue weighted by atomic mass is 16.4. The van der Waals surface area contributed by atoms with Gasteiger partial charge in [-0.2, -0.15) is 0 Å². The van der Waals surface area contributed by atoms with E-state index in [9.17, 15) is 4.79 Å². The van der Waals surface area contributed by atoms with Gasteiger partial charge in [-0.1, -0.05) is 42.5 Å². The van der Waals surface area contributed by atoms with E-state index in [0.717, 1.165) is 21.5 Å². The Kier molecular flexibility index (Phi) is 2.00. The van der Waals surface area contributed by atoms with Gasteiger partial charge in [0.25, 0.3) is 0 Å². The zero-order chi connectivity index (χ0) is 12.8. The van der Waals surface area contributed by atoms with Crippen LogP contribution in [0.5, 0.6) is 0 Å². The SMILES string of the molecule is O=c1oc2ccccc2c2cc3ccccc3cc12. The molecule has 0 aliphatic rings. The molecule has 1 aromatic heterocycles. The van der Waals surface area contributed by atoms with E-state index in [1.165, 1.54) is 0 Å². The maximum Gasteiger partial charge on any atom is 0.344 e. The van der Waals surface area contributed by atoms with Crippen LogP contribution < -0.4 is 5.63 Å². The molecular weight excluding hydrogens is 236 g/mol. The number of rotatable bonds is 0. The van der Waals surface area contributed by atoms with E-state index >= 15 is 0 Å². The molecular formula is C17H10O2. The lowest BCUT2D eigenvalue weighted by atomic mass is 10.0. The van der Waals surface area contributed by atoms with Crippen LogP contribution in [-0.4, -0.2) is 0 Å². The summed E-state index contributed by atoms with van der Waals surface area (Å²) in [4.78, 5) is 12.1. The van der Waals surface area contributed by atoms with E-state index < -0.39 is 0 Å². The fourth-order valence-electron chi connectivity index (χ4n) is 2.57. The van der Waals surface area contributed by atoms with Gasteiger partial charge in [-0.05, 0) is 29.0 Å². The maximum atomic E-state index is 12.1. The molecule has 0 atom stereocenters. The third-order valence-corrected chi connectivity index (χ3v) is 3.49. The van der Waals surface area contributed by atoms with Crippen molar-refractivity contribution in [3.05, 3.63) is 71.1 Å². The zero-order valence-corrected chi connectivity index (χ0v) is 10.1. The summed E-state index contributed by atoms with van der Waals surface area (Å²) in [5.41, 5.74) is 0.356. The summed E-state index contributed by atoms with van der Waals surface area (Å²) in [5.74, 6) is 0. The van der Waals surface area contributed by atoms with Crippen molar-refractivity contribution in [2.24, 2.45) is 0 Å². The predicted octanol–water partition coefficient (Wildman–Crippen LogP) is 4.10. The summed E-state index contributed by atoms with van der Waals surface area (Å²) in [6, 6.07) is 19.6. The maximum absolute atomic E-state index is 12.1. The van der Waals surface area contributed by atoms with E-state index in [1.807, 2.05) is 48.5 Å². The molecule has 2 heteroatoms. The first-order valence-electron chi connectivity index (χ1n) is 6.17. The van der Waals surface area contributed by atoms with Gasteiger partial charge < -0.3 is 4.42 Å². The molecule has 0 saturated heterocycles. The summed E-state index contributed by atoms with van der Waals surface area (Å²) < 4.78 is 5.37. The molecule has 90 valence electrons. The molecule has 19 heavy (non-hydrogen) atoms. The van der Waals surface area contributed by atoms with Crippen molar-refractivity contribution >= 4 is 32.5 Å². The predicted molar refractivity (Wildman–Crippen MR) is 77.5 cm³/mol. The van der Waals surface area contributed by atoms with E-state index in [4.69, 9.17) is 4.42 Å². The molecule has 4 rings (SSSR count). The van der Waals surface area contributed by atoms with Crippen LogP contribution in [0.4, 0.5) is 0 Å². The summed E-state index contributed by atoms with van der Waals surface area (Å²) in [6.07, 6.45) is 0. The molecule has 0 amide bonds. The number of para-hydroxylation sites is 1. The Morgan fingerprint density at radius 2 is 1.32 bits per heavy atom. The monoisotopic (exact) mass is 246 g/mol. The molecule has 0 aliphatic carbocycles. The van der Waals surface area contributed by atoms with Crippen LogP contribution in [0, 0.1) is 0 Å². The first kappa shape index (κ1) is 10.3. The molecule has 0 spiro atoms. The van der Waals surface area contributed by atoms with Crippen LogP contribution in [-0.2, 0) is 0 Å². The first-order chi connectivity index (χ1) is 9.33. The fourth-order valence-corrected chi connectivity index (χ4v) is 2.57. The lowest BCUT2D eigenvalue weighted by Crippen LogP contribution is -1.99. The molecule has 0 N–H and O–H groups in total. The second-order valence-corrected chi connectivity index (χ2v) is 4.63. The Hall–Kier alpha value is -2.61. The van der Waals surface area contributed by atoms with Crippen molar-refractivity contribution in [3.63, 3.8) is 0 Å². The third-order valence-electron chi connectivity index (χ3n) is 3.49. The minimum Gasteiger partial charge on any atom is -0.422 e. The lowest BCUT2D eigenvalue weighted by Gasteiger charge is -2.04. The van der Waals surface area contributed by atoms with Gasteiger partial charge in [-0.25, -0.2) is 4.79 Å². The molecule has 0 saturated carbocycles. The van der Waals surface area contributed by atoms with Gasteiger partial charge in [-0.15, -0.1) is 0 Å². The van der Waals surface area contributed by atoms with Gasteiger partial charge in [-0.3, -0.25) is 0 Å². The van der Waals surface area contributed by atoms with Crippen molar-refractivity contribution in [2.45, 2.75) is 0 Å². The Morgan fingerprint density at radius 1 is 0.684 bits per heavy atom. The van der Waals surface area contributed by atoms with Crippen LogP contribution in [0.2, 0.25) is 0 Å². The van der Waals surface area contributed by atoms with Gasteiger partial charge in [0.15, 0.2) is 0 Å². The van der Waals surface area contributed by atoms with Crippen molar-refractivity contribution < 1.29 is 4.42 Å². The topological polar surface area (TPSA) is 30.2 Å². The van der Waals surface area contributed by atoms with Crippen LogP contribution in [0.25, 0.3) is 32.5 Å². The van der Waals surface area contributed by atoms with Gasteiger partial charge >= 0.3 is 5.63 Å². The minimum atomic E-state index is -0.278. The molecule has 0 fully saturated rings. The summed E-state index contributed by atoms with van der Waals surface area (Å²) >= 11 is 0. The zero-order valence-electron chi connectivity index (χ0n) is 10.1. The molecule has 4 aromatic rings. The molecule has 0 unspecified atom stereocenters. The van der Waals surface area contributed by atoms with Gasteiger partial charge in [0, 0.05) is 10.8 Å². The van der Waals surface area contributed by atoms with Crippen molar-refractivity contribution in [3.8, 4) is 0 Å². The molecule has 3 aromatic carbocycles. The number of hydrogen-bond acceptors (Lipinski definition) is 2. The van der Waals surface area contributed by atoms with Crippen molar-refractivity contribution in [1.29, 1.82) is 0 Å². The van der Waals surface area contributed by atoms with Crippen molar-refractivity contribution in [1.82, 2.24) is 0 Å². The largest absolute Gasteiger partial charge is 0.422 e. The first-order valence-corrected chi connectivity index (χ1v) is 6.17.